The molecule has 1 aromatic carbocycles. The molecule has 24 heavy (non-hydrogen) atoms. The number of nitrogens with one attached hydrogen (secondary N) is 2. The van der Waals surface area contributed by atoms with E-state index in [-0.39, 0.29) is 12.3 Å². The average molecular weight is 327 g/mol. The Balaban J connectivity index is 1.55. The molecule has 0 atom stereocenters. The molecule has 4 rings (SSSR count). The van der Waals surface area contributed by atoms with Crippen LogP contribution in [0.3, 0.4) is 0 Å². The van der Waals surface area contributed by atoms with Crippen molar-refractivity contribution in [2.75, 3.05) is 13.2 Å². The Morgan fingerprint density at radius 2 is 2.12 bits per heavy atom. The summed E-state index contributed by atoms with van der Waals surface area (Å²) in [5.41, 5.74) is 0.996. The van der Waals surface area contributed by atoms with Gasteiger partial charge in [0.15, 0.2) is 5.82 Å². The van der Waals surface area contributed by atoms with E-state index in [1.54, 1.807) is 0 Å². The molecule has 0 bridgehead atoms. The molecule has 1 fully saturated rings. The minimum Gasteiger partial charge on any atom is -0.381 e. The van der Waals surface area contributed by atoms with E-state index in [0.717, 1.165) is 16.6 Å². The molecule has 0 spiro atoms. The molecule has 0 radical (unpaired) electrons. The lowest BCUT2D eigenvalue weighted by Crippen LogP contribution is -2.50. The highest BCUT2D eigenvalue weighted by atomic mass is 16.5. The number of amides is 1. The maximum atomic E-state index is 12.6. The summed E-state index contributed by atoms with van der Waals surface area (Å²) in [5.74, 6) is 0.379. The number of carbonyl (C=O) groups is 1. The Morgan fingerprint density at radius 3 is 2.92 bits per heavy atom. The number of para-hydroxylation sites is 1. The van der Waals surface area contributed by atoms with Crippen molar-refractivity contribution >= 4 is 16.8 Å². The average Bonchev–Trinajstić information content (AvgIpc) is 3.26. The van der Waals surface area contributed by atoms with E-state index in [0.29, 0.717) is 31.9 Å². The maximum Gasteiger partial charge on any atom is 0.226 e. The summed E-state index contributed by atoms with van der Waals surface area (Å²) in [7, 11) is 0. The van der Waals surface area contributed by atoms with Crippen LogP contribution in [0.15, 0.2) is 35.2 Å². The standard InChI is InChI=1S/C16H17N5O3/c22-14(9-13-11-3-1-2-4-12(11)19-20-13)18-16(5-7-23-8-6-16)15-17-10-24-21-15/h1-4,10H,5-9H2,(H,18,22)(H,19,20). The van der Waals surface area contributed by atoms with Crippen molar-refractivity contribution in [2.45, 2.75) is 24.8 Å². The molecular formula is C16H17N5O3. The van der Waals surface area contributed by atoms with Gasteiger partial charge in [-0.3, -0.25) is 9.89 Å². The van der Waals surface area contributed by atoms with Crippen LogP contribution in [-0.4, -0.2) is 39.5 Å². The Morgan fingerprint density at radius 1 is 1.29 bits per heavy atom. The summed E-state index contributed by atoms with van der Waals surface area (Å²) in [6.07, 6.45) is 2.71. The monoisotopic (exact) mass is 327 g/mol. The van der Waals surface area contributed by atoms with E-state index >= 15 is 0 Å². The first-order chi connectivity index (χ1) is 11.8. The summed E-state index contributed by atoms with van der Waals surface area (Å²) >= 11 is 0. The Hall–Kier alpha value is -2.74. The smallest absolute Gasteiger partial charge is 0.226 e. The first-order valence-electron chi connectivity index (χ1n) is 7.84. The molecule has 8 heteroatoms. The van der Waals surface area contributed by atoms with Gasteiger partial charge in [-0.05, 0) is 6.07 Å². The van der Waals surface area contributed by atoms with Crippen LogP contribution in [0, 0.1) is 0 Å². The normalized spacial score (nSPS) is 17.0. The molecule has 1 amide bonds. The van der Waals surface area contributed by atoms with Crippen molar-refractivity contribution in [3.63, 3.8) is 0 Å². The summed E-state index contributed by atoms with van der Waals surface area (Å²) in [4.78, 5) is 16.8. The zero-order chi connectivity index (χ0) is 16.4. The van der Waals surface area contributed by atoms with Gasteiger partial charge in [-0.2, -0.15) is 10.1 Å². The van der Waals surface area contributed by atoms with Crippen LogP contribution in [0.1, 0.15) is 24.4 Å². The number of H-pyrrole nitrogens is 1. The molecule has 8 nitrogen and oxygen atoms in total. The van der Waals surface area contributed by atoms with E-state index in [1.165, 1.54) is 6.39 Å². The third-order valence-electron chi connectivity index (χ3n) is 4.39. The van der Waals surface area contributed by atoms with E-state index < -0.39 is 5.54 Å². The summed E-state index contributed by atoms with van der Waals surface area (Å²) in [5, 5.41) is 15.1. The number of aromatic amines is 1. The molecule has 2 N–H and O–H groups in total. The van der Waals surface area contributed by atoms with Crippen LogP contribution in [0.2, 0.25) is 0 Å². The number of benzene rings is 1. The second-order valence-electron chi connectivity index (χ2n) is 5.89. The Kier molecular flexibility index (Phi) is 3.73. The first-order valence-corrected chi connectivity index (χ1v) is 7.84. The van der Waals surface area contributed by atoms with E-state index in [2.05, 4.69) is 25.7 Å². The number of nitrogens with zero attached hydrogens (tertiary/aromatic N) is 3. The number of carbonyl (C=O) groups excluding carboxylic acids is 1. The third kappa shape index (κ3) is 2.65. The van der Waals surface area contributed by atoms with Gasteiger partial charge in [-0.15, -0.1) is 0 Å². The summed E-state index contributed by atoms with van der Waals surface area (Å²) in [6, 6.07) is 7.70. The lowest BCUT2D eigenvalue weighted by Gasteiger charge is -2.35. The quantitative estimate of drug-likeness (QED) is 0.748. The van der Waals surface area contributed by atoms with Gasteiger partial charge in [-0.25, -0.2) is 0 Å². The Labute approximate surface area is 137 Å². The van der Waals surface area contributed by atoms with Gasteiger partial charge in [0.25, 0.3) is 0 Å². The van der Waals surface area contributed by atoms with Crippen LogP contribution in [0.5, 0.6) is 0 Å². The number of hydrogen-bond donors (Lipinski definition) is 2. The number of fused-ring (bicyclic) bond motifs is 1. The highest BCUT2D eigenvalue weighted by molar-refractivity contribution is 5.87. The molecule has 124 valence electrons. The van der Waals surface area contributed by atoms with Gasteiger partial charge in [0.05, 0.1) is 17.6 Å². The molecule has 1 saturated heterocycles. The largest absolute Gasteiger partial charge is 0.381 e. The van der Waals surface area contributed by atoms with Crippen LogP contribution in [-0.2, 0) is 21.5 Å². The molecule has 3 heterocycles. The molecule has 2 aromatic heterocycles. The summed E-state index contributed by atoms with van der Waals surface area (Å²) in [6.45, 7) is 1.09. The van der Waals surface area contributed by atoms with Crippen molar-refractivity contribution in [1.82, 2.24) is 25.7 Å². The molecule has 3 aromatic rings. The van der Waals surface area contributed by atoms with Crippen molar-refractivity contribution < 1.29 is 14.1 Å². The predicted molar refractivity (Wildman–Crippen MR) is 84.0 cm³/mol. The fourth-order valence-electron chi connectivity index (χ4n) is 3.13. The highest BCUT2D eigenvalue weighted by Gasteiger charge is 2.39. The second-order valence-corrected chi connectivity index (χ2v) is 5.89. The predicted octanol–water partition coefficient (Wildman–Crippen LogP) is 1.31. The molecule has 0 aliphatic carbocycles. The number of ether oxygens (including phenoxy) is 1. The van der Waals surface area contributed by atoms with Gasteiger partial charge in [-0.1, -0.05) is 23.4 Å². The van der Waals surface area contributed by atoms with E-state index in [4.69, 9.17) is 9.26 Å². The van der Waals surface area contributed by atoms with Crippen LogP contribution in [0.4, 0.5) is 0 Å². The van der Waals surface area contributed by atoms with Crippen LogP contribution < -0.4 is 5.32 Å². The van der Waals surface area contributed by atoms with Crippen molar-refractivity contribution in [2.24, 2.45) is 0 Å². The van der Waals surface area contributed by atoms with Crippen LogP contribution >= 0.6 is 0 Å². The first kappa shape index (κ1) is 14.8. The number of aromatic nitrogens is 4. The fourth-order valence-corrected chi connectivity index (χ4v) is 3.13. The molecule has 0 saturated carbocycles. The molecule has 1 aliphatic heterocycles. The van der Waals surface area contributed by atoms with Gasteiger partial charge in [0.2, 0.25) is 12.3 Å². The van der Waals surface area contributed by atoms with Crippen molar-refractivity contribution in [1.29, 1.82) is 0 Å². The lowest BCUT2D eigenvalue weighted by atomic mass is 9.89. The molecule has 1 aliphatic rings. The summed E-state index contributed by atoms with van der Waals surface area (Å²) < 4.78 is 10.3. The number of hydrogen-bond acceptors (Lipinski definition) is 6. The topological polar surface area (TPSA) is 106 Å². The SMILES string of the molecule is O=C(Cc1[nH]nc2ccccc12)NC1(c2ncon2)CCOCC1. The molecular weight excluding hydrogens is 310 g/mol. The molecule has 0 unspecified atom stereocenters. The van der Waals surface area contributed by atoms with Gasteiger partial charge in [0.1, 0.15) is 5.54 Å². The minimum absolute atomic E-state index is 0.115. The zero-order valence-electron chi connectivity index (χ0n) is 13.0. The lowest BCUT2D eigenvalue weighted by molar-refractivity contribution is -0.124. The van der Waals surface area contributed by atoms with Crippen molar-refractivity contribution in [3.8, 4) is 0 Å². The van der Waals surface area contributed by atoms with Gasteiger partial charge < -0.3 is 14.6 Å². The zero-order valence-corrected chi connectivity index (χ0v) is 13.0. The Bertz CT molecular complexity index is 836. The third-order valence-corrected chi connectivity index (χ3v) is 4.39. The van der Waals surface area contributed by atoms with Gasteiger partial charge in [0, 0.05) is 31.4 Å². The fraction of sp³-hybridized carbons (Fsp3) is 0.375. The number of rotatable bonds is 4. The van der Waals surface area contributed by atoms with E-state index in [9.17, 15) is 4.79 Å². The highest BCUT2D eigenvalue weighted by Crippen LogP contribution is 2.30. The minimum atomic E-state index is -0.641. The second kappa shape index (κ2) is 6.04. The maximum absolute atomic E-state index is 12.6. The van der Waals surface area contributed by atoms with E-state index in [1.807, 2.05) is 24.3 Å². The van der Waals surface area contributed by atoms with Gasteiger partial charge >= 0.3 is 0 Å². The van der Waals surface area contributed by atoms with Crippen molar-refractivity contribution in [3.05, 3.63) is 42.2 Å². The van der Waals surface area contributed by atoms with Crippen LogP contribution in [0.25, 0.3) is 10.9 Å².